The number of carbonyl (C=O) groups excluding carboxylic acids is 1. The molecule has 1 amide bonds. The molecule has 0 spiro atoms. The van der Waals surface area contributed by atoms with Crippen LogP contribution in [0.15, 0.2) is 54.6 Å². The van der Waals surface area contributed by atoms with Gasteiger partial charge in [0.2, 0.25) is 5.91 Å². The van der Waals surface area contributed by atoms with E-state index < -0.39 is 0 Å². The van der Waals surface area contributed by atoms with E-state index in [-0.39, 0.29) is 18.6 Å². The average molecular weight is 380 g/mol. The zero-order chi connectivity index (χ0) is 19.8. The van der Waals surface area contributed by atoms with Crippen molar-refractivity contribution in [2.24, 2.45) is 0 Å². The number of aryl methyl sites for hydroxylation is 1. The Balaban J connectivity index is 1.98. The second kappa shape index (κ2) is 10.0. The molecule has 0 radical (unpaired) electrons. The van der Waals surface area contributed by atoms with E-state index in [4.69, 9.17) is 9.72 Å². The topological polar surface area (TPSA) is 56.2 Å². The summed E-state index contributed by atoms with van der Waals surface area (Å²) in [5, 5.41) is 3.13. The summed E-state index contributed by atoms with van der Waals surface area (Å²) in [6.07, 6.45) is 4.12. The maximum atomic E-state index is 12.3. The Hall–Kier alpha value is -2.66. The first-order valence-corrected chi connectivity index (χ1v) is 10.00. The van der Waals surface area contributed by atoms with Crippen molar-refractivity contribution >= 4 is 16.9 Å². The van der Waals surface area contributed by atoms with Crippen LogP contribution in [0.2, 0.25) is 0 Å². The fourth-order valence-corrected chi connectivity index (χ4v) is 3.54. The van der Waals surface area contributed by atoms with E-state index in [9.17, 15) is 4.79 Å². The third-order valence-electron chi connectivity index (χ3n) is 4.87. The van der Waals surface area contributed by atoms with Crippen LogP contribution in [0.25, 0.3) is 11.0 Å². The van der Waals surface area contributed by atoms with Crippen LogP contribution in [0.1, 0.15) is 43.6 Å². The van der Waals surface area contributed by atoms with E-state index in [1.165, 1.54) is 20.0 Å². The number of ether oxygens (including phenoxy) is 1. The van der Waals surface area contributed by atoms with Crippen LogP contribution in [0.3, 0.4) is 0 Å². The van der Waals surface area contributed by atoms with Gasteiger partial charge in [-0.25, -0.2) is 4.98 Å². The molecule has 0 bridgehead atoms. The number of hydrogen-bond acceptors (Lipinski definition) is 3. The largest absolute Gasteiger partial charge is 0.375 e. The number of aromatic nitrogens is 2. The quantitative estimate of drug-likeness (QED) is 0.535. The van der Waals surface area contributed by atoms with Gasteiger partial charge in [-0.05, 0) is 30.5 Å². The van der Waals surface area contributed by atoms with Gasteiger partial charge in [0.15, 0.2) is 0 Å². The molecule has 0 aliphatic heterocycles. The summed E-state index contributed by atoms with van der Waals surface area (Å²) < 4.78 is 7.29. The van der Waals surface area contributed by atoms with Crippen LogP contribution in [0.4, 0.5) is 0 Å². The molecule has 1 heterocycles. The minimum Gasteiger partial charge on any atom is -0.375 e. The number of amides is 1. The Labute approximate surface area is 166 Å². The van der Waals surface area contributed by atoms with Gasteiger partial charge in [-0.2, -0.15) is 0 Å². The van der Waals surface area contributed by atoms with Crippen LogP contribution >= 0.6 is 0 Å². The zero-order valence-electron chi connectivity index (χ0n) is 16.7. The van der Waals surface area contributed by atoms with Gasteiger partial charge in [0, 0.05) is 13.7 Å². The highest BCUT2D eigenvalue weighted by atomic mass is 16.5. The molecular formula is C23H29N3O2. The van der Waals surface area contributed by atoms with E-state index in [1.54, 1.807) is 0 Å². The molecule has 0 fully saturated rings. The van der Waals surface area contributed by atoms with Crippen LogP contribution in [0.5, 0.6) is 0 Å². The fourth-order valence-electron chi connectivity index (χ4n) is 3.54. The third-order valence-corrected chi connectivity index (χ3v) is 4.87. The first-order valence-electron chi connectivity index (χ1n) is 10.00. The maximum absolute atomic E-state index is 12.3. The lowest BCUT2D eigenvalue weighted by molar-refractivity contribution is -0.125. The highest BCUT2D eigenvalue weighted by Crippen LogP contribution is 2.24. The predicted molar refractivity (Wildman–Crippen MR) is 112 cm³/mol. The van der Waals surface area contributed by atoms with Crippen molar-refractivity contribution in [3.05, 3.63) is 66.0 Å². The first-order chi connectivity index (χ1) is 13.7. The van der Waals surface area contributed by atoms with Crippen LogP contribution in [-0.4, -0.2) is 29.2 Å². The van der Waals surface area contributed by atoms with Gasteiger partial charge < -0.3 is 14.6 Å². The van der Waals surface area contributed by atoms with Crippen molar-refractivity contribution in [2.45, 2.75) is 45.2 Å². The van der Waals surface area contributed by atoms with E-state index in [0.717, 1.165) is 35.4 Å². The Morgan fingerprint density at radius 1 is 1.11 bits per heavy atom. The number of para-hydroxylation sites is 2. The molecule has 3 rings (SSSR count). The first kappa shape index (κ1) is 20.1. The molecule has 2 aromatic carbocycles. The van der Waals surface area contributed by atoms with Crippen molar-refractivity contribution in [3.63, 3.8) is 0 Å². The molecule has 0 saturated heterocycles. The number of rotatable bonds is 10. The van der Waals surface area contributed by atoms with E-state index in [1.807, 2.05) is 36.4 Å². The lowest BCUT2D eigenvalue weighted by Crippen LogP contribution is -2.34. The zero-order valence-corrected chi connectivity index (χ0v) is 16.7. The number of fused-ring (bicyclic) bond motifs is 1. The van der Waals surface area contributed by atoms with E-state index in [2.05, 4.69) is 35.0 Å². The van der Waals surface area contributed by atoms with Crippen molar-refractivity contribution in [1.29, 1.82) is 0 Å². The second-order valence-electron chi connectivity index (χ2n) is 7.06. The Bertz CT molecular complexity index is 889. The molecule has 148 valence electrons. The molecule has 5 nitrogen and oxygen atoms in total. The molecule has 1 atom stereocenters. The number of unbranched alkanes of at least 4 members (excludes halogenated alkanes) is 2. The summed E-state index contributed by atoms with van der Waals surface area (Å²) >= 11 is 0. The highest BCUT2D eigenvalue weighted by Gasteiger charge is 2.22. The molecule has 0 unspecified atom stereocenters. The molecule has 0 saturated carbocycles. The number of benzene rings is 2. The lowest BCUT2D eigenvalue weighted by Gasteiger charge is -2.20. The maximum Gasteiger partial charge on any atom is 0.246 e. The fraction of sp³-hybridized carbons (Fsp3) is 0.391. The number of hydrogen-bond donors (Lipinski definition) is 1. The van der Waals surface area contributed by atoms with Crippen molar-refractivity contribution in [2.75, 3.05) is 13.7 Å². The molecule has 28 heavy (non-hydrogen) atoms. The number of imidazole rings is 1. The van der Waals surface area contributed by atoms with E-state index >= 15 is 0 Å². The normalized spacial score (nSPS) is 12.2. The van der Waals surface area contributed by atoms with Crippen molar-refractivity contribution in [3.8, 4) is 0 Å². The molecule has 5 heteroatoms. The number of nitrogens with one attached hydrogen (secondary N) is 1. The molecule has 3 aromatic rings. The molecule has 1 aromatic heterocycles. The predicted octanol–water partition coefficient (Wildman–Crippen LogP) is 4.27. The third kappa shape index (κ3) is 4.98. The SMILES string of the molecule is CCCCCn1c([C@@H](Cc2ccccc2)NC(=O)COC)nc2ccccc21. The van der Waals surface area contributed by atoms with Gasteiger partial charge in [0.05, 0.1) is 17.1 Å². The Morgan fingerprint density at radius 3 is 2.61 bits per heavy atom. The second-order valence-corrected chi connectivity index (χ2v) is 7.06. The summed E-state index contributed by atoms with van der Waals surface area (Å²) in [6.45, 7) is 3.15. The summed E-state index contributed by atoms with van der Waals surface area (Å²) in [4.78, 5) is 17.2. The highest BCUT2D eigenvalue weighted by molar-refractivity contribution is 5.79. The molecule has 0 aliphatic rings. The van der Waals surface area contributed by atoms with Crippen molar-refractivity contribution in [1.82, 2.24) is 14.9 Å². The van der Waals surface area contributed by atoms with Crippen LogP contribution in [0, 0.1) is 0 Å². The Kier molecular flexibility index (Phi) is 7.20. The van der Waals surface area contributed by atoms with Gasteiger partial charge in [0.1, 0.15) is 12.4 Å². The number of carbonyl (C=O) groups is 1. The van der Waals surface area contributed by atoms with E-state index in [0.29, 0.717) is 6.42 Å². The minimum atomic E-state index is -0.209. The smallest absolute Gasteiger partial charge is 0.246 e. The molecule has 1 N–H and O–H groups in total. The Morgan fingerprint density at radius 2 is 1.86 bits per heavy atom. The van der Waals surface area contributed by atoms with Gasteiger partial charge in [-0.15, -0.1) is 0 Å². The van der Waals surface area contributed by atoms with Gasteiger partial charge in [-0.1, -0.05) is 62.2 Å². The molecule has 0 aliphatic carbocycles. The molecular weight excluding hydrogens is 350 g/mol. The van der Waals surface area contributed by atoms with Gasteiger partial charge in [0.25, 0.3) is 0 Å². The number of nitrogens with zero attached hydrogens (tertiary/aromatic N) is 2. The average Bonchev–Trinajstić information content (AvgIpc) is 3.07. The monoisotopic (exact) mass is 379 g/mol. The van der Waals surface area contributed by atoms with Gasteiger partial charge in [-0.3, -0.25) is 4.79 Å². The minimum absolute atomic E-state index is 0.0430. The summed E-state index contributed by atoms with van der Waals surface area (Å²) in [7, 11) is 1.53. The lowest BCUT2D eigenvalue weighted by atomic mass is 10.0. The summed E-state index contributed by atoms with van der Waals surface area (Å²) in [5.74, 6) is 0.779. The summed E-state index contributed by atoms with van der Waals surface area (Å²) in [6, 6.07) is 18.2. The van der Waals surface area contributed by atoms with Crippen LogP contribution < -0.4 is 5.32 Å². The number of methoxy groups -OCH3 is 1. The van der Waals surface area contributed by atoms with Gasteiger partial charge >= 0.3 is 0 Å². The standard InChI is InChI=1S/C23H29N3O2/c1-3-4-10-15-26-21-14-9-8-13-19(21)25-23(26)20(24-22(27)17-28-2)16-18-11-6-5-7-12-18/h5-9,11-14,20H,3-4,10,15-17H2,1-2H3,(H,24,27)/t20-/m1/s1. The summed E-state index contributed by atoms with van der Waals surface area (Å²) in [5.41, 5.74) is 3.25. The van der Waals surface area contributed by atoms with Crippen LogP contribution in [-0.2, 0) is 22.5 Å². The van der Waals surface area contributed by atoms with Crippen molar-refractivity contribution < 1.29 is 9.53 Å².